The normalized spacial score (nSPS) is 16.0. The second-order valence-electron chi connectivity index (χ2n) is 7.73. The van der Waals surface area contributed by atoms with Crippen molar-refractivity contribution < 1.29 is 8.42 Å². The van der Waals surface area contributed by atoms with Gasteiger partial charge in [0.15, 0.2) is 0 Å². The van der Waals surface area contributed by atoms with Gasteiger partial charge < -0.3 is 0 Å². The van der Waals surface area contributed by atoms with Crippen molar-refractivity contribution in [1.82, 2.24) is 13.9 Å². The van der Waals surface area contributed by atoms with Crippen LogP contribution in [0.3, 0.4) is 0 Å². The van der Waals surface area contributed by atoms with E-state index in [2.05, 4.69) is 4.72 Å². The molecule has 0 amide bonds. The van der Waals surface area contributed by atoms with E-state index in [1.54, 1.807) is 29.8 Å². The van der Waals surface area contributed by atoms with E-state index >= 15 is 0 Å². The van der Waals surface area contributed by atoms with Gasteiger partial charge in [0.2, 0.25) is 10.0 Å². The van der Waals surface area contributed by atoms with Crippen LogP contribution < -0.4 is 10.4 Å². The molecule has 1 saturated carbocycles. The third-order valence-electron chi connectivity index (χ3n) is 5.27. The Balaban J connectivity index is 1.76. The molecular formula is C20H23N3O3S. The first-order valence-electron chi connectivity index (χ1n) is 8.97. The molecule has 1 aliphatic rings. The fourth-order valence-electron chi connectivity index (χ4n) is 3.26. The molecule has 142 valence electrons. The molecule has 2 aromatic carbocycles. The average Bonchev–Trinajstić information content (AvgIpc) is 3.29. The molecule has 4 rings (SSSR count). The van der Waals surface area contributed by atoms with Crippen molar-refractivity contribution in [2.45, 2.75) is 43.7 Å². The highest BCUT2D eigenvalue weighted by Gasteiger charge is 2.41. The standard InChI is InChI=1S/C20H23N3O3S/c1-14-4-6-15(7-5-14)13-23-17-9-8-16(12-18(17)22(3)19(23)24)27(25,26)21-20(2)10-11-20/h4-9,12,21H,10-11,13H2,1-3H3. The van der Waals surface area contributed by atoms with Crippen LogP contribution in [0.4, 0.5) is 0 Å². The molecule has 27 heavy (non-hydrogen) atoms. The van der Waals surface area contributed by atoms with Crippen LogP contribution in [0, 0.1) is 6.92 Å². The van der Waals surface area contributed by atoms with E-state index in [0.29, 0.717) is 12.1 Å². The van der Waals surface area contributed by atoms with Crippen LogP contribution in [-0.4, -0.2) is 23.1 Å². The van der Waals surface area contributed by atoms with Crippen molar-refractivity contribution in [3.63, 3.8) is 0 Å². The molecule has 1 heterocycles. The summed E-state index contributed by atoms with van der Waals surface area (Å²) >= 11 is 0. The number of nitrogens with one attached hydrogen (secondary N) is 1. The van der Waals surface area contributed by atoms with Gasteiger partial charge in [0.25, 0.3) is 0 Å². The zero-order chi connectivity index (χ0) is 19.4. The second kappa shape index (κ2) is 6.07. The van der Waals surface area contributed by atoms with Crippen LogP contribution in [0.5, 0.6) is 0 Å². The summed E-state index contributed by atoms with van der Waals surface area (Å²) in [5, 5.41) is 0. The third-order valence-corrected chi connectivity index (χ3v) is 6.91. The van der Waals surface area contributed by atoms with E-state index < -0.39 is 10.0 Å². The van der Waals surface area contributed by atoms with Crippen molar-refractivity contribution >= 4 is 21.1 Å². The first-order chi connectivity index (χ1) is 12.7. The Bertz CT molecular complexity index is 1180. The van der Waals surface area contributed by atoms with E-state index in [-0.39, 0.29) is 16.1 Å². The van der Waals surface area contributed by atoms with Crippen LogP contribution in [-0.2, 0) is 23.6 Å². The Hall–Kier alpha value is -2.38. The smallest absolute Gasteiger partial charge is 0.295 e. The number of aryl methyl sites for hydroxylation is 2. The number of benzene rings is 2. The quantitative estimate of drug-likeness (QED) is 0.733. The van der Waals surface area contributed by atoms with E-state index in [9.17, 15) is 13.2 Å². The number of sulfonamides is 1. The molecule has 1 aliphatic carbocycles. The molecule has 6 nitrogen and oxygen atoms in total. The molecule has 7 heteroatoms. The second-order valence-corrected chi connectivity index (χ2v) is 9.41. The van der Waals surface area contributed by atoms with Crippen molar-refractivity contribution in [1.29, 1.82) is 0 Å². The van der Waals surface area contributed by atoms with Gasteiger partial charge in [-0.3, -0.25) is 9.13 Å². The number of hydrogen-bond donors (Lipinski definition) is 1. The van der Waals surface area contributed by atoms with Crippen molar-refractivity contribution in [3.8, 4) is 0 Å². The maximum atomic E-state index is 12.7. The Morgan fingerprint density at radius 2 is 1.74 bits per heavy atom. The zero-order valence-corrected chi connectivity index (χ0v) is 16.5. The summed E-state index contributed by atoms with van der Waals surface area (Å²) in [4.78, 5) is 12.9. The highest BCUT2D eigenvalue weighted by molar-refractivity contribution is 7.89. The molecular weight excluding hydrogens is 362 g/mol. The van der Waals surface area contributed by atoms with E-state index in [1.807, 2.05) is 38.1 Å². The number of aromatic nitrogens is 2. The van der Waals surface area contributed by atoms with Gasteiger partial charge in [-0.25, -0.2) is 17.9 Å². The summed E-state index contributed by atoms with van der Waals surface area (Å²) in [6.45, 7) is 4.36. The Morgan fingerprint density at radius 1 is 1.07 bits per heavy atom. The predicted molar refractivity (Wildman–Crippen MR) is 105 cm³/mol. The topological polar surface area (TPSA) is 73.1 Å². The number of hydrogen-bond acceptors (Lipinski definition) is 3. The summed E-state index contributed by atoms with van der Waals surface area (Å²) in [5.41, 5.74) is 3.01. The van der Waals surface area contributed by atoms with Gasteiger partial charge in [-0.1, -0.05) is 29.8 Å². The molecule has 0 spiro atoms. The lowest BCUT2D eigenvalue weighted by atomic mass is 10.1. The Kier molecular flexibility index (Phi) is 4.05. The number of rotatable bonds is 5. The third kappa shape index (κ3) is 3.33. The maximum Gasteiger partial charge on any atom is 0.329 e. The van der Waals surface area contributed by atoms with Crippen molar-refractivity contribution in [2.24, 2.45) is 7.05 Å². The minimum Gasteiger partial charge on any atom is -0.295 e. The molecule has 0 bridgehead atoms. The highest BCUT2D eigenvalue weighted by atomic mass is 32.2. The lowest BCUT2D eigenvalue weighted by Gasteiger charge is -2.12. The van der Waals surface area contributed by atoms with Crippen LogP contribution in [0.25, 0.3) is 11.0 Å². The molecule has 3 aromatic rings. The largest absolute Gasteiger partial charge is 0.329 e. The number of nitrogens with zero attached hydrogens (tertiary/aromatic N) is 2. The lowest BCUT2D eigenvalue weighted by molar-refractivity contribution is 0.558. The molecule has 0 aliphatic heterocycles. The first kappa shape index (κ1) is 18.0. The van der Waals surface area contributed by atoms with Gasteiger partial charge >= 0.3 is 5.69 Å². The molecule has 1 N–H and O–H groups in total. The lowest BCUT2D eigenvalue weighted by Crippen LogP contribution is -2.34. The van der Waals surface area contributed by atoms with Gasteiger partial charge in [-0.2, -0.15) is 0 Å². The van der Waals surface area contributed by atoms with Gasteiger partial charge in [0.1, 0.15) is 0 Å². The fourth-order valence-corrected chi connectivity index (χ4v) is 4.74. The summed E-state index contributed by atoms with van der Waals surface area (Å²) in [6.07, 6.45) is 1.69. The molecule has 0 atom stereocenters. The monoisotopic (exact) mass is 385 g/mol. The summed E-state index contributed by atoms with van der Waals surface area (Å²) in [5.74, 6) is 0. The van der Waals surface area contributed by atoms with Crippen LogP contribution in [0.2, 0.25) is 0 Å². The maximum absolute atomic E-state index is 12.7. The highest BCUT2D eigenvalue weighted by Crippen LogP contribution is 2.36. The predicted octanol–water partition coefficient (Wildman–Crippen LogP) is 2.53. The summed E-state index contributed by atoms with van der Waals surface area (Å²) in [6, 6.07) is 12.9. The van der Waals surface area contributed by atoms with Crippen LogP contribution >= 0.6 is 0 Å². The van der Waals surface area contributed by atoms with Crippen molar-refractivity contribution in [2.75, 3.05) is 0 Å². The molecule has 0 radical (unpaired) electrons. The molecule has 0 unspecified atom stereocenters. The van der Waals surface area contributed by atoms with Gasteiger partial charge in [-0.05, 0) is 50.5 Å². The molecule has 1 fully saturated rings. The Labute approximate surface area is 158 Å². The number of imidazole rings is 1. The van der Waals surface area contributed by atoms with E-state index in [4.69, 9.17) is 0 Å². The van der Waals surface area contributed by atoms with E-state index in [0.717, 1.165) is 29.5 Å². The van der Waals surface area contributed by atoms with Gasteiger partial charge in [0, 0.05) is 12.6 Å². The minimum atomic E-state index is -3.61. The van der Waals surface area contributed by atoms with Crippen molar-refractivity contribution in [3.05, 3.63) is 64.1 Å². The molecule has 1 aromatic heterocycles. The number of fused-ring (bicyclic) bond motifs is 1. The fraction of sp³-hybridized carbons (Fsp3) is 0.350. The van der Waals surface area contributed by atoms with Gasteiger partial charge in [-0.15, -0.1) is 0 Å². The zero-order valence-electron chi connectivity index (χ0n) is 15.7. The summed E-state index contributed by atoms with van der Waals surface area (Å²) < 4.78 is 31.2. The first-order valence-corrected chi connectivity index (χ1v) is 10.5. The minimum absolute atomic E-state index is 0.165. The SMILES string of the molecule is Cc1ccc(Cn2c(=O)n(C)c3cc(S(=O)(=O)NC4(C)CC4)ccc32)cc1. The summed E-state index contributed by atoms with van der Waals surface area (Å²) in [7, 11) is -1.94. The Morgan fingerprint density at radius 3 is 2.37 bits per heavy atom. The van der Waals surface area contributed by atoms with E-state index in [1.165, 1.54) is 4.57 Å². The molecule has 0 saturated heterocycles. The van der Waals surface area contributed by atoms with Gasteiger partial charge in [0.05, 0.1) is 22.5 Å². The average molecular weight is 385 g/mol. The van der Waals surface area contributed by atoms with Crippen LogP contribution in [0.1, 0.15) is 30.9 Å². The van der Waals surface area contributed by atoms with Crippen LogP contribution in [0.15, 0.2) is 52.2 Å².